The second-order valence-electron chi connectivity index (χ2n) is 5.43. The van der Waals surface area contributed by atoms with Crippen molar-refractivity contribution in [3.05, 3.63) is 47.8 Å². The molecule has 21 heavy (non-hydrogen) atoms. The SMILES string of the molecule is CCCNC(Cc1ccc(OC)cc1)Cc1cnn(C)c1. The molecule has 2 rings (SSSR count). The first-order valence-electron chi connectivity index (χ1n) is 7.55. The molecule has 0 saturated carbocycles. The molecule has 1 aromatic heterocycles. The highest BCUT2D eigenvalue weighted by Gasteiger charge is 2.11. The molecule has 0 aliphatic heterocycles. The molecule has 0 amide bonds. The third-order valence-electron chi connectivity index (χ3n) is 3.56. The van der Waals surface area contributed by atoms with Gasteiger partial charge in [-0.25, -0.2) is 0 Å². The number of rotatable bonds is 8. The second-order valence-corrected chi connectivity index (χ2v) is 5.43. The average molecular weight is 287 g/mol. The lowest BCUT2D eigenvalue weighted by Gasteiger charge is -2.18. The highest BCUT2D eigenvalue weighted by atomic mass is 16.5. The van der Waals surface area contributed by atoms with E-state index >= 15 is 0 Å². The number of nitrogens with zero attached hydrogens (tertiary/aromatic N) is 2. The maximum atomic E-state index is 5.21. The van der Waals surface area contributed by atoms with Gasteiger partial charge in [-0.05, 0) is 49.1 Å². The molecule has 4 nitrogen and oxygen atoms in total. The third kappa shape index (κ3) is 4.90. The summed E-state index contributed by atoms with van der Waals surface area (Å²) in [5, 5.41) is 7.89. The van der Waals surface area contributed by atoms with Crippen LogP contribution in [0.3, 0.4) is 0 Å². The number of hydrogen-bond acceptors (Lipinski definition) is 3. The van der Waals surface area contributed by atoms with Crippen LogP contribution in [0.4, 0.5) is 0 Å². The number of aromatic nitrogens is 2. The van der Waals surface area contributed by atoms with Crippen molar-refractivity contribution in [2.75, 3.05) is 13.7 Å². The van der Waals surface area contributed by atoms with Crippen molar-refractivity contribution in [2.24, 2.45) is 7.05 Å². The fourth-order valence-electron chi connectivity index (χ4n) is 2.47. The molecule has 1 unspecified atom stereocenters. The van der Waals surface area contributed by atoms with Gasteiger partial charge in [-0.1, -0.05) is 19.1 Å². The first-order chi connectivity index (χ1) is 10.2. The Kier molecular flexibility index (Phi) is 5.81. The average Bonchev–Trinajstić information content (AvgIpc) is 2.90. The zero-order chi connectivity index (χ0) is 15.1. The topological polar surface area (TPSA) is 39.1 Å². The van der Waals surface area contributed by atoms with Crippen molar-refractivity contribution in [3.63, 3.8) is 0 Å². The maximum absolute atomic E-state index is 5.21. The monoisotopic (exact) mass is 287 g/mol. The Balaban J connectivity index is 2.00. The van der Waals surface area contributed by atoms with Gasteiger partial charge in [0.15, 0.2) is 0 Å². The van der Waals surface area contributed by atoms with Crippen LogP contribution >= 0.6 is 0 Å². The quantitative estimate of drug-likeness (QED) is 0.811. The molecule has 1 aromatic carbocycles. The number of benzene rings is 1. The van der Waals surface area contributed by atoms with Crippen molar-refractivity contribution in [1.82, 2.24) is 15.1 Å². The fraction of sp³-hybridized carbons (Fsp3) is 0.471. The summed E-state index contributed by atoms with van der Waals surface area (Å²) in [4.78, 5) is 0. The number of aryl methyl sites for hydroxylation is 1. The van der Waals surface area contributed by atoms with E-state index < -0.39 is 0 Å². The fourth-order valence-corrected chi connectivity index (χ4v) is 2.47. The highest BCUT2D eigenvalue weighted by molar-refractivity contribution is 5.28. The molecule has 114 valence electrons. The molecule has 0 saturated heterocycles. The van der Waals surface area contributed by atoms with E-state index in [-0.39, 0.29) is 0 Å². The van der Waals surface area contributed by atoms with Crippen molar-refractivity contribution in [1.29, 1.82) is 0 Å². The predicted octanol–water partition coefficient (Wildman–Crippen LogP) is 2.58. The molecule has 0 fully saturated rings. The molecule has 0 spiro atoms. The Morgan fingerprint density at radius 3 is 2.48 bits per heavy atom. The van der Waals surface area contributed by atoms with E-state index in [2.05, 4.69) is 35.7 Å². The number of methoxy groups -OCH3 is 1. The summed E-state index contributed by atoms with van der Waals surface area (Å²) in [6.07, 6.45) is 7.20. The second kappa shape index (κ2) is 7.84. The predicted molar refractivity (Wildman–Crippen MR) is 85.7 cm³/mol. The lowest BCUT2D eigenvalue weighted by Crippen LogP contribution is -2.33. The van der Waals surface area contributed by atoms with Gasteiger partial charge in [-0.3, -0.25) is 4.68 Å². The van der Waals surface area contributed by atoms with Crippen LogP contribution in [0, 0.1) is 0 Å². The first kappa shape index (κ1) is 15.6. The molecule has 0 bridgehead atoms. The minimum Gasteiger partial charge on any atom is -0.497 e. The normalized spacial score (nSPS) is 12.3. The summed E-state index contributed by atoms with van der Waals surface area (Å²) in [6.45, 7) is 3.24. The van der Waals surface area contributed by atoms with Crippen LogP contribution in [-0.4, -0.2) is 29.5 Å². The molecule has 4 heteroatoms. The summed E-state index contributed by atoms with van der Waals surface area (Å²) in [6, 6.07) is 8.76. The number of ether oxygens (including phenoxy) is 1. The standard InChI is InChI=1S/C17H25N3O/c1-4-9-18-16(11-15-12-19-20(2)13-15)10-14-5-7-17(21-3)8-6-14/h5-8,12-13,16,18H,4,9-11H2,1-3H3. The van der Waals surface area contributed by atoms with Crippen LogP contribution in [0.2, 0.25) is 0 Å². The Bertz CT molecular complexity index is 533. The minimum atomic E-state index is 0.433. The Morgan fingerprint density at radius 1 is 1.19 bits per heavy atom. The minimum absolute atomic E-state index is 0.433. The lowest BCUT2D eigenvalue weighted by molar-refractivity contribution is 0.414. The Morgan fingerprint density at radius 2 is 1.90 bits per heavy atom. The van der Waals surface area contributed by atoms with E-state index in [1.54, 1.807) is 7.11 Å². The van der Waals surface area contributed by atoms with Crippen LogP contribution in [-0.2, 0) is 19.9 Å². The van der Waals surface area contributed by atoms with Gasteiger partial charge in [0.25, 0.3) is 0 Å². The zero-order valence-corrected chi connectivity index (χ0v) is 13.2. The summed E-state index contributed by atoms with van der Waals surface area (Å²) in [7, 11) is 3.66. The van der Waals surface area contributed by atoms with Crippen molar-refractivity contribution < 1.29 is 4.74 Å². The van der Waals surface area contributed by atoms with E-state index in [4.69, 9.17) is 4.74 Å². The molecule has 0 aliphatic carbocycles. The third-order valence-corrected chi connectivity index (χ3v) is 3.56. The molecular weight excluding hydrogens is 262 g/mol. The first-order valence-corrected chi connectivity index (χ1v) is 7.55. The van der Waals surface area contributed by atoms with E-state index in [1.165, 1.54) is 11.1 Å². The smallest absolute Gasteiger partial charge is 0.118 e. The van der Waals surface area contributed by atoms with Crippen LogP contribution in [0.5, 0.6) is 5.75 Å². The molecule has 1 N–H and O–H groups in total. The van der Waals surface area contributed by atoms with Crippen molar-refractivity contribution in [3.8, 4) is 5.75 Å². The van der Waals surface area contributed by atoms with Crippen molar-refractivity contribution in [2.45, 2.75) is 32.2 Å². The van der Waals surface area contributed by atoms with Crippen LogP contribution in [0.25, 0.3) is 0 Å². The molecule has 2 aromatic rings. The zero-order valence-electron chi connectivity index (χ0n) is 13.2. The van der Waals surface area contributed by atoms with Gasteiger partial charge in [0, 0.05) is 19.3 Å². The van der Waals surface area contributed by atoms with Gasteiger partial charge in [-0.2, -0.15) is 5.10 Å². The van der Waals surface area contributed by atoms with Crippen LogP contribution in [0.1, 0.15) is 24.5 Å². The molecular formula is C17H25N3O. The van der Waals surface area contributed by atoms with Gasteiger partial charge in [-0.15, -0.1) is 0 Å². The van der Waals surface area contributed by atoms with Crippen molar-refractivity contribution >= 4 is 0 Å². The molecule has 0 radical (unpaired) electrons. The number of nitrogens with one attached hydrogen (secondary N) is 1. The van der Waals surface area contributed by atoms with Gasteiger partial charge in [0.2, 0.25) is 0 Å². The van der Waals surface area contributed by atoms with Crippen LogP contribution in [0.15, 0.2) is 36.7 Å². The summed E-state index contributed by atoms with van der Waals surface area (Å²) in [5.41, 5.74) is 2.60. The Labute approximate surface area is 127 Å². The largest absolute Gasteiger partial charge is 0.497 e. The lowest BCUT2D eigenvalue weighted by atomic mass is 10.0. The van der Waals surface area contributed by atoms with E-state index in [0.717, 1.165) is 31.6 Å². The molecule has 0 aliphatic rings. The summed E-state index contributed by atoms with van der Waals surface area (Å²) in [5.74, 6) is 0.907. The summed E-state index contributed by atoms with van der Waals surface area (Å²) < 4.78 is 7.07. The maximum Gasteiger partial charge on any atom is 0.118 e. The van der Waals surface area contributed by atoms with Gasteiger partial charge in [0.1, 0.15) is 5.75 Å². The Hall–Kier alpha value is -1.81. The van der Waals surface area contributed by atoms with Gasteiger partial charge in [0.05, 0.1) is 13.3 Å². The van der Waals surface area contributed by atoms with E-state index in [9.17, 15) is 0 Å². The molecule has 1 atom stereocenters. The number of hydrogen-bond donors (Lipinski definition) is 1. The molecule has 1 heterocycles. The van der Waals surface area contributed by atoms with Crippen LogP contribution < -0.4 is 10.1 Å². The van der Waals surface area contributed by atoms with E-state index in [0.29, 0.717) is 6.04 Å². The highest BCUT2D eigenvalue weighted by Crippen LogP contribution is 2.14. The van der Waals surface area contributed by atoms with E-state index in [1.807, 2.05) is 30.1 Å². The van der Waals surface area contributed by atoms with Gasteiger partial charge >= 0.3 is 0 Å². The van der Waals surface area contributed by atoms with Gasteiger partial charge < -0.3 is 10.1 Å². The summed E-state index contributed by atoms with van der Waals surface area (Å²) >= 11 is 0.